The number of esters is 2. The van der Waals surface area contributed by atoms with Crippen molar-refractivity contribution in [2.75, 3.05) is 6.26 Å². The Bertz CT molecular complexity index is 1350. The Morgan fingerprint density at radius 1 is 1.29 bits per heavy atom. The second-order valence-electron chi connectivity index (χ2n) is 7.65. The van der Waals surface area contributed by atoms with E-state index < -0.39 is 17.5 Å². The molecule has 2 aliphatic rings. The lowest BCUT2D eigenvalue weighted by molar-refractivity contribution is -0.188. The highest BCUT2D eigenvalue weighted by Crippen LogP contribution is 2.43. The number of carbonyl (C=O) groups is 2. The summed E-state index contributed by atoms with van der Waals surface area (Å²) in [7, 11) is 0. The number of carbonyl (C=O) groups excluding carboxylic acids is 2. The summed E-state index contributed by atoms with van der Waals surface area (Å²) < 4.78 is 12.5. The number of benzene rings is 1. The molecule has 0 unspecified atom stereocenters. The molecule has 8 heteroatoms. The highest BCUT2D eigenvalue weighted by Gasteiger charge is 2.50. The number of fused-ring (bicyclic) bond motifs is 5. The van der Waals surface area contributed by atoms with Crippen molar-refractivity contribution in [3.8, 4) is 11.4 Å². The van der Waals surface area contributed by atoms with Crippen molar-refractivity contribution in [3.63, 3.8) is 0 Å². The lowest BCUT2D eigenvalue weighted by Crippen LogP contribution is -2.47. The lowest BCUT2D eigenvalue weighted by atomic mass is 9.85. The molecule has 0 N–H and O–H groups in total. The van der Waals surface area contributed by atoms with Crippen molar-refractivity contribution in [1.29, 1.82) is 0 Å². The molecule has 0 radical (unpaired) electrons. The van der Waals surface area contributed by atoms with E-state index in [4.69, 9.17) is 14.5 Å². The molecule has 31 heavy (non-hydrogen) atoms. The molecule has 1 aromatic carbocycles. The third-order valence-electron chi connectivity index (χ3n) is 6.03. The summed E-state index contributed by atoms with van der Waals surface area (Å²) in [6.07, 6.45) is 2.17. The number of ether oxygens (including phenoxy) is 2. The van der Waals surface area contributed by atoms with E-state index in [0.717, 1.165) is 27.1 Å². The standard InChI is InChI=1S/C23H20N2O5S/c1-4-23(30-12(2)26)16-9-18-19-14(10-25(18)21(27)15(16)11-29-22(23)28)20(31-3)13-7-5-6-8-17(13)24-19/h5-9H,4,10-11H2,1-3H3/t23-/m0/s1. The Morgan fingerprint density at radius 3 is 2.77 bits per heavy atom. The first kappa shape index (κ1) is 19.8. The minimum atomic E-state index is -1.63. The van der Waals surface area contributed by atoms with Crippen LogP contribution in [0.15, 0.2) is 40.0 Å². The average molecular weight is 436 g/mol. The van der Waals surface area contributed by atoms with Crippen molar-refractivity contribution in [2.24, 2.45) is 0 Å². The largest absolute Gasteiger partial charge is 0.457 e. The first-order valence-electron chi connectivity index (χ1n) is 10.0. The number of nitrogens with zero attached hydrogens (tertiary/aromatic N) is 2. The molecule has 0 saturated heterocycles. The van der Waals surface area contributed by atoms with Crippen LogP contribution in [0.5, 0.6) is 0 Å². The maximum Gasteiger partial charge on any atom is 0.355 e. The van der Waals surface area contributed by atoms with Crippen molar-refractivity contribution in [2.45, 2.75) is 43.9 Å². The van der Waals surface area contributed by atoms with Gasteiger partial charge in [0.15, 0.2) is 0 Å². The van der Waals surface area contributed by atoms with Gasteiger partial charge in [0, 0.05) is 28.3 Å². The Kier molecular flexibility index (Phi) is 4.44. The Morgan fingerprint density at radius 2 is 2.06 bits per heavy atom. The van der Waals surface area contributed by atoms with Crippen LogP contribution in [-0.4, -0.2) is 27.7 Å². The van der Waals surface area contributed by atoms with Crippen LogP contribution in [0.3, 0.4) is 0 Å². The number of hydrogen-bond acceptors (Lipinski definition) is 7. The van der Waals surface area contributed by atoms with Crippen LogP contribution in [0.4, 0.5) is 0 Å². The summed E-state index contributed by atoms with van der Waals surface area (Å²) in [5.74, 6) is -1.27. The predicted octanol–water partition coefficient (Wildman–Crippen LogP) is 3.37. The van der Waals surface area contributed by atoms with Crippen LogP contribution < -0.4 is 5.56 Å². The highest BCUT2D eigenvalue weighted by molar-refractivity contribution is 7.98. The molecule has 0 spiro atoms. The Hall–Kier alpha value is -3.13. The smallest absolute Gasteiger partial charge is 0.355 e. The molecule has 0 bridgehead atoms. The van der Waals surface area contributed by atoms with Gasteiger partial charge in [0.2, 0.25) is 5.60 Å². The molecular weight excluding hydrogens is 416 g/mol. The van der Waals surface area contributed by atoms with E-state index in [9.17, 15) is 14.4 Å². The molecule has 4 heterocycles. The van der Waals surface area contributed by atoms with Gasteiger partial charge in [-0.3, -0.25) is 9.59 Å². The molecule has 158 valence electrons. The van der Waals surface area contributed by atoms with Crippen LogP contribution >= 0.6 is 11.8 Å². The van der Waals surface area contributed by atoms with E-state index in [2.05, 4.69) is 0 Å². The normalized spacial score (nSPS) is 18.9. The first-order chi connectivity index (χ1) is 14.9. The summed E-state index contributed by atoms with van der Waals surface area (Å²) in [4.78, 5) is 44.0. The van der Waals surface area contributed by atoms with Crippen LogP contribution in [0, 0.1) is 0 Å². The van der Waals surface area contributed by atoms with Crippen LogP contribution in [0.2, 0.25) is 0 Å². The molecule has 0 saturated carbocycles. The second kappa shape index (κ2) is 6.95. The van der Waals surface area contributed by atoms with Gasteiger partial charge in [-0.05, 0) is 24.8 Å². The molecule has 0 fully saturated rings. The molecule has 0 aliphatic carbocycles. The Labute approximate surface area is 182 Å². The van der Waals surface area contributed by atoms with Gasteiger partial charge in [0.05, 0.1) is 29.0 Å². The third-order valence-corrected chi connectivity index (χ3v) is 6.91. The van der Waals surface area contributed by atoms with E-state index in [-0.39, 0.29) is 18.6 Å². The van der Waals surface area contributed by atoms with Crippen LogP contribution in [-0.2, 0) is 37.8 Å². The molecule has 2 aromatic heterocycles. The van der Waals surface area contributed by atoms with Gasteiger partial charge in [0.25, 0.3) is 5.56 Å². The molecule has 3 aromatic rings. The monoisotopic (exact) mass is 436 g/mol. The number of hydrogen-bond donors (Lipinski definition) is 0. The van der Waals surface area contributed by atoms with Crippen molar-refractivity contribution in [3.05, 3.63) is 57.4 Å². The van der Waals surface area contributed by atoms with E-state index >= 15 is 0 Å². The van der Waals surface area contributed by atoms with Gasteiger partial charge in [-0.15, -0.1) is 11.8 Å². The van der Waals surface area contributed by atoms with Gasteiger partial charge in [-0.25, -0.2) is 9.78 Å². The molecule has 2 aliphatic heterocycles. The first-order valence-corrected chi connectivity index (χ1v) is 11.2. The van der Waals surface area contributed by atoms with Crippen molar-refractivity contribution >= 4 is 34.6 Å². The van der Waals surface area contributed by atoms with E-state index in [1.54, 1.807) is 29.3 Å². The van der Waals surface area contributed by atoms with Gasteiger partial charge in [-0.2, -0.15) is 0 Å². The number of thioether (sulfide) groups is 1. The third kappa shape index (κ3) is 2.67. The molecule has 7 nitrogen and oxygen atoms in total. The topological polar surface area (TPSA) is 87.5 Å². The fourth-order valence-electron chi connectivity index (χ4n) is 4.63. The van der Waals surface area contributed by atoms with Gasteiger partial charge < -0.3 is 14.0 Å². The number of aromatic nitrogens is 2. The number of para-hydroxylation sites is 1. The fourth-order valence-corrected chi connectivity index (χ4v) is 5.43. The molecule has 5 rings (SSSR count). The Balaban J connectivity index is 1.82. The van der Waals surface area contributed by atoms with Crippen LogP contribution in [0.1, 0.15) is 37.0 Å². The van der Waals surface area contributed by atoms with E-state index in [0.29, 0.717) is 23.4 Å². The van der Waals surface area contributed by atoms with Crippen molar-refractivity contribution in [1.82, 2.24) is 9.55 Å². The maximum absolute atomic E-state index is 13.5. The average Bonchev–Trinajstić information content (AvgIpc) is 3.12. The van der Waals surface area contributed by atoms with E-state index in [1.807, 2.05) is 30.5 Å². The molecule has 1 atom stereocenters. The summed E-state index contributed by atoms with van der Waals surface area (Å²) in [6, 6.07) is 9.66. The molecule has 0 amide bonds. The van der Waals surface area contributed by atoms with Gasteiger partial charge >= 0.3 is 11.9 Å². The SMILES string of the molecule is CC[C@@]1(OC(C)=O)C(=O)OCc2c1cc1n(c2=O)Cc2c-1nc1ccccc1c2SC. The summed E-state index contributed by atoms with van der Waals surface area (Å²) in [6.45, 7) is 3.23. The zero-order chi connectivity index (χ0) is 21.9. The summed E-state index contributed by atoms with van der Waals surface area (Å²) >= 11 is 1.62. The number of rotatable bonds is 3. The molecular formula is C23H20N2O5S. The zero-order valence-corrected chi connectivity index (χ0v) is 18.2. The lowest BCUT2D eigenvalue weighted by Gasteiger charge is -2.35. The summed E-state index contributed by atoms with van der Waals surface area (Å²) in [5, 5.41) is 1.04. The minimum Gasteiger partial charge on any atom is -0.457 e. The summed E-state index contributed by atoms with van der Waals surface area (Å²) in [5.41, 5.74) is 2.02. The van der Waals surface area contributed by atoms with Gasteiger partial charge in [0.1, 0.15) is 6.61 Å². The zero-order valence-electron chi connectivity index (χ0n) is 17.4. The highest BCUT2D eigenvalue weighted by atomic mass is 32.2. The predicted molar refractivity (Wildman–Crippen MR) is 116 cm³/mol. The second-order valence-corrected chi connectivity index (χ2v) is 8.47. The maximum atomic E-state index is 13.5. The quantitative estimate of drug-likeness (QED) is 0.359. The van der Waals surface area contributed by atoms with Gasteiger partial charge in [-0.1, -0.05) is 25.1 Å². The van der Waals surface area contributed by atoms with Crippen molar-refractivity contribution < 1.29 is 19.1 Å². The minimum absolute atomic E-state index is 0.141. The van der Waals surface area contributed by atoms with Crippen LogP contribution in [0.25, 0.3) is 22.3 Å². The number of cyclic esters (lactones) is 1. The number of pyridine rings is 2. The van der Waals surface area contributed by atoms with E-state index in [1.165, 1.54) is 6.92 Å². The fraction of sp³-hybridized carbons (Fsp3) is 0.304.